The Morgan fingerprint density at radius 1 is 1.78 bits per heavy atom. The molecule has 0 fully saturated rings. The van der Waals surface area contributed by atoms with Gasteiger partial charge in [-0.25, -0.2) is 0 Å². The Morgan fingerprint density at radius 2 is 2.22 bits per heavy atom. The molecule has 0 saturated heterocycles. The zero-order valence-electron chi connectivity index (χ0n) is 5.34. The molecule has 52 valence electrons. The average Bonchev–Trinajstić information content (AvgIpc) is 1.63. The Bertz CT molecular complexity index is 133. The summed E-state index contributed by atoms with van der Waals surface area (Å²) in [6.45, 7) is 2.84. The van der Waals surface area contributed by atoms with Crippen LogP contribution < -0.4 is 5.32 Å². The summed E-state index contributed by atoms with van der Waals surface area (Å²) < 4.78 is 0. The molecule has 2 N–H and O–H groups in total. The van der Waals surface area contributed by atoms with Gasteiger partial charge in [-0.3, -0.25) is 4.79 Å². The number of rotatable bonds is 1. The topological polar surface area (TPSA) is 49.3 Å². The van der Waals surface area contributed by atoms with Gasteiger partial charge in [-0.15, -0.1) is 0 Å². The lowest BCUT2D eigenvalue weighted by atomic mass is 10.4. The highest BCUT2D eigenvalue weighted by Gasteiger charge is 2.03. The van der Waals surface area contributed by atoms with E-state index in [0.717, 1.165) is 0 Å². The smallest absolute Gasteiger partial charge is 0.221 e. The standard InChI is InChI=1S/C5H9NO2S/c1-3(7)5(9)6-4(2)8/h3,7H,1-2H3,(H,6,8,9). The number of hydrogen-bond acceptors (Lipinski definition) is 3. The van der Waals surface area contributed by atoms with E-state index < -0.39 is 6.10 Å². The molecule has 1 atom stereocenters. The molecule has 0 aromatic carbocycles. The SMILES string of the molecule is CC(=O)NC(=S)C(C)O. The molecule has 0 aromatic rings. The van der Waals surface area contributed by atoms with Gasteiger partial charge in [0, 0.05) is 6.92 Å². The summed E-state index contributed by atoms with van der Waals surface area (Å²) in [5.74, 6) is -0.249. The quantitative estimate of drug-likeness (QED) is 0.506. The van der Waals surface area contributed by atoms with Gasteiger partial charge in [-0.1, -0.05) is 12.2 Å². The minimum absolute atomic E-state index is 0.169. The molecule has 1 amide bonds. The number of amides is 1. The van der Waals surface area contributed by atoms with Crippen LogP contribution in [-0.2, 0) is 4.79 Å². The maximum absolute atomic E-state index is 10.2. The van der Waals surface area contributed by atoms with E-state index in [-0.39, 0.29) is 10.9 Å². The molecule has 0 saturated carbocycles. The van der Waals surface area contributed by atoms with Gasteiger partial charge in [0.2, 0.25) is 5.91 Å². The van der Waals surface area contributed by atoms with Crippen molar-refractivity contribution in [1.82, 2.24) is 5.32 Å². The molecule has 3 nitrogen and oxygen atoms in total. The van der Waals surface area contributed by atoms with Crippen molar-refractivity contribution in [3.8, 4) is 0 Å². The van der Waals surface area contributed by atoms with Crippen LogP contribution >= 0.6 is 12.2 Å². The van der Waals surface area contributed by atoms with Crippen molar-refractivity contribution < 1.29 is 9.90 Å². The highest BCUT2D eigenvalue weighted by atomic mass is 32.1. The van der Waals surface area contributed by atoms with Crippen molar-refractivity contribution in [2.24, 2.45) is 0 Å². The van der Waals surface area contributed by atoms with Gasteiger partial charge in [0.15, 0.2) is 0 Å². The molecule has 0 aliphatic carbocycles. The van der Waals surface area contributed by atoms with E-state index in [4.69, 9.17) is 5.11 Å². The fraction of sp³-hybridized carbons (Fsp3) is 0.600. The Morgan fingerprint density at radius 3 is 2.33 bits per heavy atom. The molecule has 0 rings (SSSR count). The largest absolute Gasteiger partial charge is 0.386 e. The van der Waals surface area contributed by atoms with E-state index in [1.54, 1.807) is 0 Å². The van der Waals surface area contributed by atoms with E-state index in [0.29, 0.717) is 0 Å². The maximum atomic E-state index is 10.2. The van der Waals surface area contributed by atoms with E-state index in [1.807, 2.05) is 0 Å². The van der Waals surface area contributed by atoms with Gasteiger partial charge in [-0.05, 0) is 6.92 Å². The molecule has 0 aromatic heterocycles. The lowest BCUT2D eigenvalue weighted by Crippen LogP contribution is -2.33. The van der Waals surface area contributed by atoms with E-state index in [1.165, 1.54) is 13.8 Å². The number of aliphatic hydroxyl groups is 1. The summed E-state index contributed by atoms with van der Waals surface area (Å²) in [5.41, 5.74) is 0. The van der Waals surface area contributed by atoms with Crippen LogP contribution in [0.2, 0.25) is 0 Å². The van der Waals surface area contributed by atoms with Crippen LogP contribution in [0, 0.1) is 0 Å². The van der Waals surface area contributed by atoms with Gasteiger partial charge in [-0.2, -0.15) is 0 Å². The fourth-order valence-electron chi connectivity index (χ4n) is 0.278. The third-order valence-electron chi connectivity index (χ3n) is 0.679. The number of carbonyl (C=O) groups excluding carboxylic acids is 1. The van der Waals surface area contributed by atoms with Crippen molar-refractivity contribution in [3.63, 3.8) is 0 Å². The number of thiocarbonyl (C=S) groups is 1. The number of hydrogen-bond donors (Lipinski definition) is 2. The molecular weight excluding hydrogens is 138 g/mol. The second-order valence-electron chi connectivity index (χ2n) is 1.72. The monoisotopic (exact) mass is 147 g/mol. The Hall–Kier alpha value is -0.480. The van der Waals surface area contributed by atoms with Crippen molar-refractivity contribution in [2.75, 3.05) is 0 Å². The summed E-state index contributed by atoms with van der Waals surface area (Å²) in [4.78, 5) is 10.4. The molecule has 0 aliphatic rings. The van der Waals surface area contributed by atoms with Gasteiger partial charge < -0.3 is 10.4 Å². The Balaban J connectivity index is 3.64. The first-order chi connectivity index (χ1) is 4.04. The highest BCUT2D eigenvalue weighted by Crippen LogP contribution is 1.81. The van der Waals surface area contributed by atoms with Crippen LogP contribution in [0.1, 0.15) is 13.8 Å². The molecule has 0 aliphatic heterocycles. The molecule has 0 radical (unpaired) electrons. The van der Waals surface area contributed by atoms with Crippen LogP contribution in [0.15, 0.2) is 0 Å². The average molecular weight is 147 g/mol. The lowest BCUT2D eigenvalue weighted by molar-refractivity contribution is -0.117. The maximum Gasteiger partial charge on any atom is 0.221 e. The van der Waals surface area contributed by atoms with Crippen LogP contribution in [0.3, 0.4) is 0 Å². The second kappa shape index (κ2) is 3.53. The molecular formula is C5H9NO2S. The first kappa shape index (κ1) is 8.52. The van der Waals surface area contributed by atoms with Gasteiger partial charge in [0.1, 0.15) is 11.1 Å². The lowest BCUT2D eigenvalue weighted by Gasteiger charge is -2.04. The molecule has 0 bridgehead atoms. The van der Waals surface area contributed by atoms with Crippen molar-refractivity contribution >= 4 is 23.1 Å². The van der Waals surface area contributed by atoms with E-state index >= 15 is 0 Å². The zero-order chi connectivity index (χ0) is 7.44. The number of aliphatic hydroxyl groups excluding tert-OH is 1. The molecule has 1 unspecified atom stereocenters. The van der Waals surface area contributed by atoms with Gasteiger partial charge >= 0.3 is 0 Å². The fourth-order valence-corrected chi connectivity index (χ4v) is 0.422. The highest BCUT2D eigenvalue weighted by molar-refractivity contribution is 7.80. The predicted octanol–water partition coefficient (Wildman–Crippen LogP) is -0.169. The van der Waals surface area contributed by atoms with Crippen molar-refractivity contribution in [2.45, 2.75) is 20.0 Å². The molecule has 0 spiro atoms. The van der Waals surface area contributed by atoms with E-state index in [2.05, 4.69) is 17.5 Å². The summed E-state index contributed by atoms with van der Waals surface area (Å²) in [6, 6.07) is 0. The van der Waals surface area contributed by atoms with Crippen molar-refractivity contribution in [3.05, 3.63) is 0 Å². The first-order valence-corrected chi connectivity index (χ1v) is 2.94. The predicted molar refractivity (Wildman–Crippen MR) is 38.1 cm³/mol. The summed E-state index contributed by atoms with van der Waals surface area (Å²) in [7, 11) is 0. The Labute approximate surface area is 59.1 Å². The summed E-state index contributed by atoms with van der Waals surface area (Å²) in [5, 5.41) is 11.0. The van der Waals surface area contributed by atoms with Crippen LogP contribution in [0.4, 0.5) is 0 Å². The normalized spacial score (nSPS) is 12.3. The zero-order valence-corrected chi connectivity index (χ0v) is 6.16. The molecule has 0 heterocycles. The molecule has 9 heavy (non-hydrogen) atoms. The minimum atomic E-state index is -0.746. The second-order valence-corrected chi connectivity index (χ2v) is 2.16. The first-order valence-electron chi connectivity index (χ1n) is 2.53. The van der Waals surface area contributed by atoms with E-state index in [9.17, 15) is 4.79 Å². The van der Waals surface area contributed by atoms with Crippen molar-refractivity contribution in [1.29, 1.82) is 0 Å². The minimum Gasteiger partial charge on any atom is -0.386 e. The summed E-state index contributed by atoms with van der Waals surface area (Å²) >= 11 is 4.57. The number of carbonyl (C=O) groups is 1. The van der Waals surface area contributed by atoms with Crippen LogP contribution in [0.5, 0.6) is 0 Å². The molecule has 4 heteroatoms. The third-order valence-corrected chi connectivity index (χ3v) is 1.12. The van der Waals surface area contributed by atoms with Crippen LogP contribution in [0.25, 0.3) is 0 Å². The third kappa shape index (κ3) is 4.05. The Kier molecular flexibility index (Phi) is 3.34. The van der Waals surface area contributed by atoms with Crippen LogP contribution in [-0.4, -0.2) is 22.1 Å². The van der Waals surface area contributed by atoms with Gasteiger partial charge in [0.25, 0.3) is 0 Å². The summed E-state index contributed by atoms with van der Waals surface area (Å²) in [6.07, 6.45) is -0.746. The number of nitrogens with one attached hydrogen (secondary N) is 1. The van der Waals surface area contributed by atoms with Gasteiger partial charge in [0.05, 0.1) is 0 Å².